The Bertz CT molecular complexity index is 1100. The van der Waals surface area contributed by atoms with Crippen molar-refractivity contribution in [3.8, 4) is 5.75 Å². The number of ketones is 1. The number of Topliss-reactive ketones (excluding diaryl/α,β-unsaturated/α-hetero) is 1. The molecule has 0 amide bonds. The van der Waals surface area contributed by atoms with E-state index in [0.29, 0.717) is 16.9 Å². The summed E-state index contributed by atoms with van der Waals surface area (Å²) in [6, 6.07) is 13.7. The Morgan fingerprint density at radius 3 is 2.48 bits per heavy atom. The van der Waals surface area contributed by atoms with Crippen molar-refractivity contribution >= 4 is 22.7 Å². The van der Waals surface area contributed by atoms with Gasteiger partial charge in [0.1, 0.15) is 11.3 Å². The molecule has 3 rings (SSSR count). The highest BCUT2D eigenvalue weighted by molar-refractivity contribution is 5.99. The van der Waals surface area contributed by atoms with Crippen LogP contribution >= 0.6 is 0 Å². The molecule has 1 aromatic heterocycles. The third kappa shape index (κ3) is 5.10. The van der Waals surface area contributed by atoms with E-state index in [9.17, 15) is 14.4 Å². The van der Waals surface area contributed by atoms with Crippen molar-refractivity contribution in [2.75, 3.05) is 13.2 Å². The number of hydrogen-bond donors (Lipinski definition) is 0. The molecule has 0 atom stereocenters. The van der Waals surface area contributed by atoms with Gasteiger partial charge < -0.3 is 13.9 Å². The molecule has 0 unspecified atom stereocenters. The average molecular weight is 394 g/mol. The zero-order valence-electron chi connectivity index (χ0n) is 16.4. The van der Waals surface area contributed by atoms with Crippen molar-refractivity contribution in [2.24, 2.45) is 0 Å². The lowest BCUT2D eigenvalue weighted by Gasteiger charge is -2.10. The molecule has 0 saturated carbocycles. The summed E-state index contributed by atoms with van der Waals surface area (Å²) in [6.45, 7) is 3.30. The van der Waals surface area contributed by atoms with E-state index in [1.165, 1.54) is 12.1 Å². The van der Waals surface area contributed by atoms with Gasteiger partial charge in [-0.15, -0.1) is 0 Å². The fraction of sp³-hybridized carbons (Fsp3) is 0.261. The van der Waals surface area contributed by atoms with Crippen molar-refractivity contribution in [3.05, 3.63) is 75.6 Å². The molecule has 0 aliphatic carbocycles. The summed E-state index contributed by atoms with van der Waals surface area (Å²) in [5, 5.41) is 0.742. The summed E-state index contributed by atoms with van der Waals surface area (Å²) in [6.07, 6.45) is 1.55. The number of rotatable bonds is 8. The maximum atomic E-state index is 12.5. The molecule has 0 bridgehead atoms. The largest absolute Gasteiger partial charge is 0.482 e. The lowest BCUT2D eigenvalue weighted by molar-refractivity contribution is -0.144. The van der Waals surface area contributed by atoms with Gasteiger partial charge in [-0.2, -0.15) is 0 Å². The van der Waals surface area contributed by atoms with Crippen LogP contribution in [-0.4, -0.2) is 25.0 Å². The van der Waals surface area contributed by atoms with Gasteiger partial charge in [0.15, 0.2) is 13.2 Å². The second kappa shape index (κ2) is 9.19. The fourth-order valence-electron chi connectivity index (χ4n) is 2.95. The predicted octanol–water partition coefficient (Wildman–Crippen LogP) is 3.72. The molecule has 150 valence electrons. The normalized spacial score (nSPS) is 10.7. The van der Waals surface area contributed by atoms with Crippen LogP contribution in [-0.2, 0) is 22.4 Å². The van der Waals surface area contributed by atoms with Crippen LogP contribution in [0.25, 0.3) is 11.0 Å². The van der Waals surface area contributed by atoms with Crippen molar-refractivity contribution < 1.29 is 23.5 Å². The monoisotopic (exact) mass is 394 g/mol. The minimum Gasteiger partial charge on any atom is -0.482 e. The lowest BCUT2D eigenvalue weighted by atomic mass is 9.98. The SMILES string of the molecule is CCc1ccc(CC)c(C(=O)COC(=O)COc2ccc3ccc(=O)oc3c2)c1. The second-order valence-electron chi connectivity index (χ2n) is 6.53. The van der Waals surface area contributed by atoms with E-state index < -0.39 is 11.6 Å². The number of hydrogen-bond acceptors (Lipinski definition) is 6. The summed E-state index contributed by atoms with van der Waals surface area (Å²) in [7, 11) is 0. The molecule has 0 N–H and O–H groups in total. The van der Waals surface area contributed by atoms with Crippen LogP contribution in [0.4, 0.5) is 0 Å². The molecule has 6 nitrogen and oxygen atoms in total. The van der Waals surface area contributed by atoms with E-state index in [1.54, 1.807) is 18.2 Å². The number of aryl methyl sites for hydroxylation is 2. The van der Waals surface area contributed by atoms with Gasteiger partial charge in [0.05, 0.1) is 0 Å². The highest BCUT2D eigenvalue weighted by atomic mass is 16.6. The van der Waals surface area contributed by atoms with E-state index in [2.05, 4.69) is 0 Å². The quantitative estimate of drug-likeness (QED) is 0.329. The third-order valence-electron chi connectivity index (χ3n) is 4.58. The maximum absolute atomic E-state index is 12.5. The topological polar surface area (TPSA) is 82.8 Å². The van der Waals surface area contributed by atoms with Crippen LogP contribution in [0.3, 0.4) is 0 Å². The molecule has 0 fully saturated rings. The molecule has 0 spiro atoms. The predicted molar refractivity (Wildman–Crippen MR) is 108 cm³/mol. The Kier molecular flexibility index (Phi) is 6.44. The van der Waals surface area contributed by atoms with Crippen molar-refractivity contribution in [2.45, 2.75) is 26.7 Å². The van der Waals surface area contributed by atoms with E-state index in [4.69, 9.17) is 13.9 Å². The smallest absolute Gasteiger partial charge is 0.344 e. The fourth-order valence-corrected chi connectivity index (χ4v) is 2.95. The highest BCUT2D eigenvalue weighted by Crippen LogP contribution is 2.19. The maximum Gasteiger partial charge on any atom is 0.344 e. The average Bonchev–Trinajstić information content (AvgIpc) is 2.75. The standard InChI is InChI=1S/C23H22O6/c1-3-15-5-6-16(4-2)19(11-15)20(24)13-28-23(26)14-27-18-9-7-17-8-10-22(25)29-21(17)12-18/h5-12H,3-4,13-14H2,1-2H3. The number of carbonyl (C=O) groups is 2. The molecule has 0 aliphatic rings. The van der Waals surface area contributed by atoms with Crippen LogP contribution < -0.4 is 10.4 Å². The molecule has 2 aromatic carbocycles. The van der Waals surface area contributed by atoms with Crippen LogP contribution in [0, 0.1) is 0 Å². The van der Waals surface area contributed by atoms with Crippen molar-refractivity contribution in [1.29, 1.82) is 0 Å². The molecular formula is C23H22O6. The second-order valence-corrected chi connectivity index (χ2v) is 6.53. The number of carbonyl (C=O) groups excluding carboxylic acids is 2. The third-order valence-corrected chi connectivity index (χ3v) is 4.58. The van der Waals surface area contributed by atoms with Gasteiger partial charge in [-0.3, -0.25) is 4.79 Å². The Morgan fingerprint density at radius 2 is 1.72 bits per heavy atom. The van der Waals surface area contributed by atoms with Gasteiger partial charge in [0, 0.05) is 23.1 Å². The van der Waals surface area contributed by atoms with Crippen LogP contribution in [0.5, 0.6) is 5.75 Å². The number of esters is 1. The summed E-state index contributed by atoms with van der Waals surface area (Å²) < 4.78 is 15.5. The minimum atomic E-state index is -0.655. The van der Waals surface area contributed by atoms with Gasteiger partial charge in [-0.1, -0.05) is 26.0 Å². The summed E-state index contributed by atoms with van der Waals surface area (Å²) >= 11 is 0. The molecule has 29 heavy (non-hydrogen) atoms. The summed E-state index contributed by atoms with van der Waals surface area (Å²) in [5.74, 6) is -0.533. The van der Waals surface area contributed by atoms with Gasteiger partial charge in [0.2, 0.25) is 5.78 Å². The van der Waals surface area contributed by atoms with E-state index in [0.717, 1.165) is 29.4 Å². The van der Waals surface area contributed by atoms with Gasteiger partial charge in [0.25, 0.3) is 0 Å². The van der Waals surface area contributed by atoms with Crippen LogP contribution in [0.2, 0.25) is 0 Å². The zero-order chi connectivity index (χ0) is 20.8. The Labute approximate surface area is 168 Å². The van der Waals surface area contributed by atoms with Crippen LogP contribution in [0.15, 0.2) is 57.7 Å². The van der Waals surface area contributed by atoms with E-state index in [-0.39, 0.29) is 19.0 Å². The number of fused-ring (bicyclic) bond motifs is 1. The Hall–Kier alpha value is -3.41. The Balaban J connectivity index is 1.57. The molecule has 1 heterocycles. The zero-order valence-corrected chi connectivity index (χ0v) is 16.4. The Morgan fingerprint density at radius 1 is 0.931 bits per heavy atom. The first-order valence-corrected chi connectivity index (χ1v) is 9.47. The molecule has 6 heteroatoms. The van der Waals surface area contributed by atoms with Gasteiger partial charge >= 0.3 is 11.6 Å². The molecule has 0 saturated heterocycles. The van der Waals surface area contributed by atoms with Crippen molar-refractivity contribution in [3.63, 3.8) is 0 Å². The molecule has 0 radical (unpaired) electrons. The van der Waals surface area contributed by atoms with Crippen molar-refractivity contribution in [1.82, 2.24) is 0 Å². The van der Waals surface area contributed by atoms with E-state index >= 15 is 0 Å². The molecule has 3 aromatic rings. The number of benzene rings is 2. The number of ether oxygens (including phenoxy) is 2. The molecule has 0 aliphatic heterocycles. The summed E-state index contributed by atoms with van der Waals surface area (Å²) in [5.41, 5.74) is 2.47. The summed E-state index contributed by atoms with van der Waals surface area (Å²) in [4.78, 5) is 35.8. The lowest BCUT2D eigenvalue weighted by Crippen LogP contribution is -2.20. The first kappa shape index (κ1) is 20.3. The first-order valence-electron chi connectivity index (χ1n) is 9.47. The first-order chi connectivity index (χ1) is 14.0. The molecular weight excluding hydrogens is 372 g/mol. The minimum absolute atomic E-state index is 0.238. The van der Waals surface area contributed by atoms with Gasteiger partial charge in [-0.25, -0.2) is 9.59 Å². The highest BCUT2D eigenvalue weighted by Gasteiger charge is 2.14. The van der Waals surface area contributed by atoms with Crippen LogP contribution in [0.1, 0.15) is 35.3 Å². The van der Waals surface area contributed by atoms with Gasteiger partial charge in [-0.05, 0) is 48.2 Å². The van der Waals surface area contributed by atoms with E-state index in [1.807, 2.05) is 32.0 Å².